The van der Waals surface area contributed by atoms with Crippen molar-refractivity contribution >= 4 is 29.1 Å². The van der Waals surface area contributed by atoms with E-state index in [4.69, 9.17) is 4.74 Å². The second-order valence-electron chi connectivity index (χ2n) is 7.18. The van der Waals surface area contributed by atoms with Crippen LogP contribution in [0.2, 0.25) is 0 Å². The number of benzene rings is 3. The van der Waals surface area contributed by atoms with Gasteiger partial charge in [-0.15, -0.1) is 0 Å². The fraction of sp³-hybridized carbons (Fsp3) is 0.240. The minimum Gasteiger partial charge on any atom is -0.463 e. The molecule has 3 heteroatoms. The Hall–Kier alpha value is -2.44. The molecule has 0 bridgehead atoms. The Morgan fingerprint density at radius 3 is 1.50 bits per heavy atom. The summed E-state index contributed by atoms with van der Waals surface area (Å²) < 4.78 is 5.36. The SMILES string of the molecule is CC(C)OC(=O)CCC[P+](c1ccccc1)(c1ccccc1)c1ccccc1. The number of hydrogen-bond acceptors (Lipinski definition) is 2. The monoisotopic (exact) mass is 391 g/mol. The largest absolute Gasteiger partial charge is 0.463 e. The Morgan fingerprint density at radius 2 is 1.14 bits per heavy atom. The lowest BCUT2D eigenvalue weighted by molar-refractivity contribution is -0.147. The normalized spacial score (nSPS) is 11.4. The molecule has 0 saturated carbocycles. The number of ether oxygens (including phenoxy) is 1. The van der Waals surface area contributed by atoms with Crippen LogP contribution in [0.15, 0.2) is 91.0 Å². The first-order valence-electron chi connectivity index (χ1n) is 9.87. The fourth-order valence-corrected chi connectivity index (χ4v) is 8.01. The highest BCUT2D eigenvalue weighted by molar-refractivity contribution is 7.95. The average Bonchev–Trinajstić information content (AvgIpc) is 2.73. The smallest absolute Gasteiger partial charge is 0.306 e. The second-order valence-corrected chi connectivity index (χ2v) is 10.8. The molecule has 2 nitrogen and oxygen atoms in total. The highest BCUT2D eigenvalue weighted by Crippen LogP contribution is 2.55. The number of carbonyl (C=O) groups is 1. The van der Waals surface area contributed by atoms with Crippen molar-refractivity contribution in [2.75, 3.05) is 6.16 Å². The van der Waals surface area contributed by atoms with E-state index in [1.165, 1.54) is 15.9 Å². The zero-order chi connectivity index (χ0) is 19.8. The van der Waals surface area contributed by atoms with E-state index in [9.17, 15) is 4.79 Å². The average molecular weight is 391 g/mol. The van der Waals surface area contributed by atoms with Crippen LogP contribution in [0.25, 0.3) is 0 Å². The van der Waals surface area contributed by atoms with Crippen LogP contribution in [0, 0.1) is 0 Å². The molecule has 3 aromatic rings. The number of carbonyl (C=O) groups excluding carboxylic acids is 1. The summed E-state index contributed by atoms with van der Waals surface area (Å²) >= 11 is 0. The lowest BCUT2D eigenvalue weighted by atomic mass is 10.3. The zero-order valence-electron chi connectivity index (χ0n) is 16.6. The van der Waals surface area contributed by atoms with E-state index in [0.717, 1.165) is 12.6 Å². The van der Waals surface area contributed by atoms with E-state index in [2.05, 4.69) is 91.0 Å². The first-order chi connectivity index (χ1) is 13.6. The first-order valence-corrected chi connectivity index (χ1v) is 11.8. The maximum Gasteiger partial charge on any atom is 0.306 e. The van der Waals surface area contributed by atoms with Gasteiger partial charge >= 0.3 is 5.97 Å². The summed E-state index contributed by atoms with van der Waals surface area (Å²) in [6.45, 7) is 3.79. The molecule has 0 aliphatic heterocycles. The van der Waals surface area contributed by atoms with Crippen LogP contribution in [0.5, 0.6) is 0 Å². The molecule has 28 heavy (non-hydrogen) atoms. The molecule has 3 aromatic carbocycles. The molecule has 3 rings (SSSR count). The number of esters is 1. The predicted molar refractivity (Wildman–Crippen MR) is 120 cm³/mol. The molecule has 0 aliphatic rings. The Morgan fingerprint density at radius 1 is 0.750 bits per heavy atom. The molecule has 0 heterocycles. The van der Waals surface area contributed by atoms with Gasteiger partial charge in [-0.05, 0) is 56.7 Å². The van der Waals surface area contributed by atoms with Gasteiger partial charge in [0.25, 0.3) is 0 Å². The van der Waals surface area contributed by atoms with Gasteiger partial charge in [0.1, 0.15) is 23.2 Å². The van der Waals surface area contributed by atoms with Gasteiger partial charge in [0, 0.05) is 6.42 Å². The van der Waals surface area contributed by atoms with Crippen molar-refractivity contribution in [1.82, 2.24) is 0 Å². The van der Waals surface area contributed by atoms with E-state index < -0.39 is 7.26 Å². The van der Waals surface area contributed by atoms with Crippen molar-refractivity contribution in [1.29, 1.82) is 0 Å². The van der Waals surface area contributed by atoms with Gasteiger partial charge in [-0.25, -0.2) is 0 Å². The van der Waals surface area contributed by atoms with Gasteiger partial charge in [-0.2, -0.15) is 0 Å². The molecule has 144 valence electrons. The molecular formula is C25H28O2P+. The Kier molecular flexibility index (Phi) is 7.01. The van der Waals surface area contributed by atoms with Gasteiger partial charge in [-0.3, -0.25) is 4.79 Å². The molecule has 0 unspecified atom stereocenters. The van der Waals surface area contributed by atoms with E-state index in [0.29, 0.717) is 6.42 Å². The first kappa shape index (κ1) is 20.3. The second kappa shape index (κ2) is 9.66. The van der Waals surface area contributed by atoms with Gasteiger partial charge in [0.15, 0.2) is 0 Å². The third kappa shape index (κ3) is 4.69. The zero-order valence-corrected chi connectivity index (χ0v) is 17.5. The molecule has 0 spiro atoms. The van der Waals surface area contributed by atoms with Crippen molar-refractivity contribution in [3.05, 3.63) is 91.0 Å². The Balaban J connectivity index is 2.03. The van der Waals surface area contributed by atoms with E-state index >= 15 is 0 Å². The van der Waals surface area contributed by atoms with Crippen LogP contribution in [0.4, 0.5) is 0 Å². The summed E-state index contributed by atoms with van der Waals surface area (Å²) in [4.78, 5) is 12.1. The van der Waals surface area contributed by atoms with E-state index in [1.54, 1.807) is 0 Å². The summed E-state index contributed by atoms with van der Waals surface area (Å²) in [5, 5.41) is 4.05. The molecule has 0 amide bonds. The predicted octanol–water partition coefficient (Wildman–Crippen LogP) is 4.71. The summed E-state index contributed by atoms with van der Waals surface area (Å²) in [6.07, 6.45) is 2.13. The summed E-state index contributed by atoms with van der Waals surface area (Å²) in [5.74, 6) is -0.109. The third-order valence-corrected chi connectivity index (χ3v) is 9.36. The summed E-state index contributed by atoms with van der Waals surface area (Å²) in [6, 6.07) is 32.3. The van der Waals surface area contributed by atoms with Crippen LogP contribution >= 0.6 is 7.26 Å². The molecule has 0 atom stereocenters. The van der Waals surface area contributed by atoms with Crippen LogP contribution in [-0.4, -0.2) is 18.2 Å². The van der Waals surface area contributed by atoms with Gasteiger partial charge in [-0.1, -0.05) is 54.6 Å². The van der Waals surface area contributed by atoms with E-state index in [-0.39, 0.29) is 12.1 Å². The maximum atomic E-state index is 12.1. The Labute approximate surface area is 168 Å². The van der Waals surface area contributed by atoms with Gasteiger partial charge in [0.05, 0.1) is 12.3 Å². The molecular weight excluding hydrogens is 363 g/mol. The van der Waals surface area contributed by atoms with Crippen LogP contribution in [0.3, 0.4) is 0 Å². The molecule has 0 saturated heterocycles. The van der Waals surface area contributed by atoms with Gasteiger partial charge in [0.2, 0.25) is 0 Å². The van der Waals surface area contributed by atoms with Crippen molar-refractivity contribution in [2.24, 2.45) is 0 Å². The number of hydrogen-bond donors (Lipinski definition) is 0. The van der Waals surface area contributed by atoms with Crippen molar-refractivity contribution in [3.63, 3.8) is 0 Å². The third-order valence-electron chi connectivity index (χ3n) is 4.83. The summed E-state index contributed by atoms with van der Waals surface area (Å²) in [7, 11) is -1.85. The molecule has 0 fully saturated rings. The lowest BCUT2D eigenvalue weighted by Gasteiger charge is -2.27. The maximum absolute atomic E-state index is 12.1. The molecule has 0 radical (unpaired) electrons. The lowest BCUT2D eigenvalue weighted by Crippen LogP contribution is -2.33. The Bertz CT molecular complexity index is 764. The highest BCUT2D eigenvalue weighted by atomic mass is 31.2. The minimum absolute atomic E-state index is 0.0653. The van der Waals surface area contributed by atoms with Crippen LogP contribution < -0.4 is 15.9 Å². The van der Waals surface area contributed by atoms with Crippen molar-refractivity contribution < 1.29 is 9.53 Å². The molecule has 0 aromatic heterocycles. The van der Waals surface area contributed by atoms with Crippen molar-refractivity contribution in [2.45, 2.75) is 32.8 Å². The van der Waals surface area contributed by atoms with Crippen LogP contribution in [0.1, 0.15) is 26.7 Å². The van der Waals surface area contributed by atoms with Crippen molar-refractivity contribution in [3.8, 4) is 0 Å². The van der Waals surface area contributed by atoms with Gasteiger partial charge < -0.3 is 4.74 Å². The number of rotatable bonds is 8. The fourth-order valence-electron chi connectivity index (χ4n) is 3.66. The van der Waals surface area contributed by atoms with E-state index in [1.807, 2.05) is 13.8 Å². The minimum atomic E-state index is -1.85. The molecule has 0 aliphatic carbocycles. The highest BCUT2D eigenvalue weighted by Gasteiger charge is 2.44. The topological polar surface area (TPSA) is 26.3 Å². The standard InChI is InChI=1S/C25H28O2P/c1-21(2)27-25(26)19-12-20-28(22-13-6-3-7-14-22,23-15-8-4-9-16-23)24-17-10-5-11-18-24/h3-11,13-18,21H,12,19-20H2,1-2H3/q+1. The summed E-state index contributed by atoms with van der Waals surface area (Å²) in [5.41, 5.74) is 0. The molecule has 0 N–H and O–H groups in total. The van der Waals surface area contributed by atoms with Crippen LogP contribution in [-0.2, 0) is 9.53 Å². The quantitative estimate of drug-likeness (QED) is 0.411.